The van der Waals surface area contributed by atoms with Crippen molar-refractivity contribution in [1.29, 1.82) is 0 Å². The Balaban J connectivity index is 2.00. The average molecular weight is 268 g/mol. The number of hydrogen-bond donors (Lipinski definition) is 1. The molecule has 2 rings (SSSR count). The maximum absolute atomic E-state index is 5.71. The molecule has 1 N–H and O–H groups in total. The van der Waals surface area contributed by atoms with Gasteiger partial charge in [-0.3, -0.25) is 4.90 Å². The lowest BCUT2D eigenvalue weighted by atomic mass is 9.85. The van der Waals surface area contributed by atoms with Gasteiger partial charge in [-0.25, -0.2) is 0 Å². The highest BCUT2D eigenvalue weighted by molar-refractivity contribution is 4.91. The van der Waals surface area contributed by atoms with Crippen molar-refractivity contribution in [2.75, 3.05) is 39.9 Å². The molecule has 3 heteroatoms. The minimum absolute atomic E-state index is 0.353. The van der Waals surface area contributed by atoms with Crippen LogP contribution >= 0.6 is 0 Å². The van der Waals surface area contributed by atoms with E-state index >= 15 is 0 Å². The molecule has 0 aromatic rings. The third-order valence-electron chi connectivity index (χ3n) is 4.72. The van der Waals surface area contributed by atoms with Crippen LogP contribution in [-0.2, 0) is 4.74 Å². The number of nitrogens with zero attached hydrogens (tertiary/aromatic N) is 1. The molecule has 1 unspecified atom stereocenters. The van der Waals surface area contributed by atoms with Gasteiger partial charge < -0.3 is 10.1 Å². The third-order valence-corrected chi connectivity index (χ3v) is 4.72. The van der Waals surface area contributed by atoms with Gasteiger partial charge in [-0.2, -0.15) is 0 Å². The molecule has 19 heavy (non-hydrogen) atoms. The van der Waals surface area contributed by atoms with Crippen LogP contribution in [0.3, 0.4) is 0 Å². The van der Waals surface area contributed by atoms with Gasteiger partial charge in [0.2, 0.25) is 0 Å². The van der Waals surface area contributed by atoms with Gasteiger partial charge in [-0.15, -0.1) is 0 Å². The van der Waals surface area contributed by atoms with E-state index in [1.807, 2.05) is 0 Å². The molecule has 1 saturated heterocycles. The van der Waals surface area contributed by atoms with Gasteiger partial charge in [-0.05, 0) is 32.2 Å². The van der Waals surface area contributed by atoms with Gasteiger partial charge in [-0.1, -0.05) is 26.7 Å². The van der Waals surface area contributed by atoms with E-state index in [2.05, 4.69) is 31.1 Å². The van der Waals surface area contributed by atoms with Crippen LogP contribution in [0.25, 0.3) is 0 Å². The molecule has 3 nitrogen and oxygen atoms in total. The predicted octanol–water partition coefficient (Wildman–Crippen LogP) is 2.51. The maximum Gasteiger partial charge on any atom is 0.0547 e. The first-order chi connectivity index (χ1) is 9.15. The fraction of sp³-hybridized carbons (Fsp3) is 1.00. The van der Waals surface area contributed by atoms with E-state index in [0.29, 0.717) is 5.41 Å². The summed E-state index contributed by atoms with van der Waals surface area (Å²) < 4.78 is 5.71. The summed E-state index contributed by atoms with van der Waals surface area (Å²) in [6, 6.07) is 0.830. The van der Waals surface area contributed by atoms with Crippen LogP contribution in [0.4, 0.5) is 0 Å². The molecule has 1 heterocycles. The Labute approximate surface area is 119 Å². The number of rotatable bonds is 7. The molecule has 0 bridgehead atoms. The lowest BCUT2D eigenvalue weighted by Gasteiger charge is -2.38. The maximum atomic E-state index is 5.71. The standard InChI is InChI=1S/C16H32N2O/c1-14(2)10-18(15-6-4-5-7-15)12-16(11-17-3)8-9-19-13-16/h14-15,17H,4-13H2,1-3H3. The summed E-state index contributed by atoms with van der Waals surface area (Å²) in [6.45, 7) is 10.1. The van der Waals surface area contributed by atoms with Crippen LogP contribution in [-0.4, -0.2) is 50.8 Å². The molecule has 112 valence electrons. The fourth-order valence-corrected chi connectivity index (χ4v) is 3.86. The molecule has 0 aromatic carbocycles. The third kappa shape index (κ3) is 4.17. The Hall–Kier alpha value is -0.120. The topological polar surface area (TPSA) is 24.5 Å². The molecule has 0 amide bonds. The summed E-state index contributed by atoms with van der Waals surface area (Å²) in [4.78, 5) is 2.78. The smallest absolute Gasteiger partial charge is 0.0547 e. The predicted molar refractivity (Wildman–Crippen MR) is 80.5 cm³/mol. The summed E-state index contributed by atoms with van der Waals surface area (Å²) in [5.41, 5.74) is 0.353. The zero-order chi connectivity index (χ0) is 13.7. The van der Waals surface area contributed by atoms with Crippen molar-refractivity contribution in [1.82, 2.24) is 10.2 Å². The number of hydrogen-bond acceptors (Lipinski definition) is 3. The first-order valence-electron chi connectivity index (χ1n) is 8.12. The lowest BCUT2D eigenvalue weighted by Crippen LogP contribution is -2.48. The van der Waals surface area contributed by atoms with Crippen LogP contribution in [0.1, 0.15) is 46.0 Å². The van der Waals surface area contributed by atoms with E-state index < -0.39 is 0 Å². The van der Waals surface area contributed by atoms with Gasteiger partial charge in [0, 0.05) is 37.7 Å². The van der Waals surface area contributed by atoms with E-state index in [1.165, 1.54) is 45.2 Å². The summed E-state index contributed by atoms with van der Waals surface area (Å²) in [6.07, 6.45) is 6.88. The van der Waals surface area contributed by atoms with E-state index in [9.17, 15) is 0 Å². The zero-order valence-corrected chi connectivity index (χ0v) is 13.1. The van der Waals surface area contributed by atoms with Gasteiger partial charge in [0.05, 0.1) is 6.61 Å². The Morgan fingerprint density at radius 1 is 1.32 bits per heavy atom. The van der Waals surface area contributed by atoms with Crippen molar-refractivity contribution in [2.24, 2.45) is 11.3 Å². The summed E-state index contributed by atoms with van der Waals surface area (Å²) in [7, 11) is 2.07. The van der Waals surface area contributed by atoms with Crippen LogP contribution in [0, 0.1) is 11.3 Å². The molecule has 0 spiro atoms. The molecular weight excluding hydrogens is 236 g/mol. The first-order valence-corrected chi connectivity index (χ1v) is 8.12. The van der Waals surface area contributed by atoms with Crippen LogP contribution in [0.2, 0.25) is 0 Å². The quantitative estimate of drug-likeness (QED) is 0.768. The van der Waals surface area contributed by atoms with Crippen molar-refractivity contribution >= 4 is 0 Å². The summed E-state index contributed by atoms with van der Waals surface area (Å²) in [5, 5.41) is 3.39. The second kappa shape index (κ2) is 7.05. The molecule has 1 saturated carbocycles. The number of ether oxygens (including phenoxy) is 1. The molecule has 1 aliphatic carbocycles. The second-order valence-corrected chi connectivity index (χ2v) is 7.09. The summed E-state index contributed by atoms with van der Waals surface area (Å²) in [5.74, 6) is 0.759. The minimum atomic E-state index is 0.353. The molecule has 2 fully saturated rings. The van der Waals surface area contributed by atoms with Crippen molar-refractivity contribution in [3.05, 3.63) is 0 Å². The van der Waals surface area contributed by atoms with Crippen molar-refractivity contribution in [3.8, 4) is 0 Å². The Kier molecular flexibility index (Phi) is 5.67. The van der Waals surface area contributed by atoms with E-state index in [4.69, 9.17) is 4.74 Å². The Morgan fingerprint density at radius 3 is 2.58 bits per heavy atom. The molecule has 0 aromatic heterocycles. The van der Waals surface area contributed by atoms with E-state index in [0.717, 1.165) is 31.7 Å². The molecule has 2 aliphatic rings. The Morgan fingerprint density at radius 2 is 2.05 bits per heavy atom. The van der Waals surface area contributed by atoms with Crippen LogP contribution in [0.5, 0.6) is 0 Å². The summed E-state index contributed by atoms with van der Waals surface area (Å²) >= 11 is 0. The lowest BCUT2D eigenvalue weighted by molar-refractivity contribution is 0.0789. The Bertz CT molecular complexity index is 255. The van der Waals surface area contributed by atoms with Crippen molar-refractivity contribution < 1.29 is 4.74 Å². The molecule has 1 aliphatic heterocycles. The van der Waals surface area contributed by atoms with Crippen molar-refractivity contribution in [3.63, 3.8) is 0 Å². The monoisotopic (exact) mass is 268 g/mol. The van der Waals surface area contributed by atoms with Gasteiger partial charge in [0.25, 0.3) is 0 Å². The van der Waals surface area contributed by atoms with Crippen molar-refractivity contribution in [2.45, 2.75) is 52.0 Å². The van der Waals surface area contributed by atoms with E-state index in [1.54, 1.807) is 0 Å². The fourth-order valence-electron chi connectivity index (χ4n) is 3.86. The number of nitrogens with one attached hydrogen (secondary N) is 1. The van der Waals surface area contributed by atoms with E-state index in [-0.39, 0.29) is 0 Å². The highest BCUT2D eigenvalue weighted by Gasteiger charge is 2.38. The minimum Gasteiger partial charge on any atom is -0.381 e. The van der Waals surface area contributed by atoms with Gasteiger partial charge in [0.15, 0.2) is 0 Å². The zero-order valence-electron chi connectivity index (χ0n) is 13.1. The van der Waals surface area contributed by atoms with Crippen LogP contribution in [0.15, 0.2) is 0 Å². The first kappa shape index (κ1) is 15.3. The second-order valence-electron chi connectivity index (χ2n) is 7.09. The van der Waals surface area contributed by atoms with Gasteiger partial charge >= 0.3 is 0 Å². The molecule has 1 atom stereocenters. The highest BCUT2D eigenvalue weighted by atomic mass is 16.5. The normalized spacial score (nSPS) is 28.9. The average Bonchev–Trinajstić information content (AvgIpc) is 2.99. The molecular formula is C16H32N2O. The largest absolute Gasteiger partial charge is 0.381 e. The van der Waals surface area contributed by atoms with Gasteiger partial charge in [0.1, 0.15) is 0 Å². The van der Waals surface area contributed by atoms with Crippen LogP contribution < -0.4 is 5.32 Å². The molecule has 0 radical (unpaired) electrons. The SMILES string of the molecule is CNCC1(CN(CC(C)C)C2CCCC2)CCOC1. The highest BCUT2D eigenvalue weighted by Crippen LogP contribution is 2.33.